The van der Waals surface area contributed by atoms with E-state index < -0.39 is 22.3 Å². The second kappa shape index (κ2) is 8.81. The summed E-state index contributed by atoms with van der Waals surface area (Å²) in [7, 11) is 1.54. The summed E-state index contributed by atoms with van der Waals surface area (Å²) in [5.41, 5.74) is 2.13. The van der Waals surface area contributed by atoms with Crippen molar-refractivity contribution in [1.82, 2.24) is 5.43 Å². The highest BCUT2D eigenvalue weighted by atomic mass is 79.9. The number of nitro groups is 1. The number of methoxy groups -OCH3 is 1. The number of hydrogen-bond acceptors (Lipinski definition) is 7. The lowest BCUT2D eigenvalue weighted by Crippen LogP contribution is -2.24. The Morgan fingerprint density at radius 1 is 1.38 bits per heavy atom. The lowest BCUT2D eigenvalue weighted by molar-refractivity contribution is -0.385. The standard InChI is InChI=1S/C16H14BrN3O6/c1-25-11-3-5-15(12(17)7-11)26-9-16(22)19-18-8-10-2-4-14(21)13(6-10)20(23)24/h2-8,21H,9H2,1H3,(H,19,22)/b18-8+. The molecule has 0 aliphatic carbocycles. The highest BCUT2D eigenvalue weighted by molar-refractivity contribution is 9.10. The van der Waals surface area contributed by atoms with Gasteiger partial charge in [0.2, 0.25) is 0 Å². The number of halogens is 1. The highest BCUT2D eigenvalue weighted by Crippen LogP contribution is 2.29. The maximum absolute atomic E-state index is 11.7. The van der Waals surface area contributed by atoms with Gasteiger partial charge in [0.05, 0.1) is 22.7 Å². The zero-order valence-electron chi connectivity index (χ0n) is 13.5. The molecule has 2 aromatic rings. The summed E-state index contributed by atoms with van der Waals surface area (Å²) in [6.07, 6.45) is 1.22. The largest absolute Gasteiger partial charge is 0.502 e. The molecule has 10 heteroatoms. The van der Waals surface area contributed by atoms with Crippen molar-refractivity contribution >= 4 is 33.7 Å². The van der Waals surface area contributed by atoms with Gasteiger partial charge < -0.3 is 14.6 Å². The van der Waals surface area contributed by atoms with Crippen LogP contribution in [0.4, 0.5) is 5.69 Å². The second-order valence-corrected chi connectivity index (χ2v) is 5.74. The summed E-state index contributed by atoms with van der Waals surface area (Å²) in [6, 6.07) is 8.76. The van der Waals surface area contributed by atoms with E-state index in [9.17, 15) is 20.0 Å². The Balaban J connectivity index is 1.90. The molecule has 9 nitrogen and oxygen atoms in total. The Morgan fingerprint density at radius 3 is 2.81 bits per heavy atom. The SMILES string of the molecule is COc1ccc(OCC(=O)N/N=C/c2ccc(O)c([N+](=O)[O-])c2)c(Br)c1. The summed E-state index contributed by atoms with van der Waals surface area (Å²) in [5, 5.41) is 23.8. The van der Waals surface area contributed by atoms with Crippen LogP contribution in [0.3, 0.4) is 0 Å². The number of nitrogens with zero attached hydrogens (tertiary/aromatic N) is 2. The first-order valence-corrected chi connectivity index (χ1v) is 7.95. The molecule has 0 saturated heterocycles. The molecule has 2 aromatic carbocycles. The Bertz CT molecular complexity index is 856. The summed E-state index contributed by atoms with van der Waals surface area (Å²) >= 11 is 3.30. The minimum atomic E-state index is -0.716. The molecule has 0 atom stereocenters. The molecular formula is C16H14BrN3O6. The number of carbonyl (C=O) groups is 1. The highest BCUT2D eigenvalue weighted by Gasteiger charge is 2.12. The zero-order valence-corrected chi connectivity index (χ0v) is 15.1. The van der Waals surface area contributed by atoms with E-state index >= 15 is 0 Å². The predicted octanol–water partition coefficient (Wildman–Crippen LogP) is 2.60. The Labute approximate surface area is 156 Å². The van der Waals surface area contributed by atoms with Crippen molar-refractivity contribution in [2.75, 3.05) is 13.7 Å². The van der Waals surface area contributed by atoms with E-state index in [2.05, 4.69) is 26.5 Å². The number of phenolic OH excluding ortho intramolecular Hbond substituents is 1. The quantitative estimate of drug-likeness (QED) is 0.400. The fraction of sp³-hybridized carbons (Fsp3) is 0.125. The monoisotopic (exact) mass is 423 g/mol. The molecule has 2 N–H and O–H groups in total. The molecule has 0 unspecified atom stereocenters. The number of benzene rings is 2. The van der Waals surface area contributed by atoms with E-state index in [0.717, 1.165) is 6.07 Å². The van der Waals surface area contributed by atoms with E-state index in [0.29, 0.717) is 21.5 Å². The van der Waals surface area contributed by atoms with Gasteiger partial charge in [0.1, 0.15) is 11.5 Å². The Morgan fingerprint density at radius 2 is 2.15 bits per heavy atom. The first-order chi connectivity index (χ1) is 12.4. The molecule has 0 aliphatic heterocycles. The fourth-order valence-corrected chi connectivity index (χ4v) is 2.32. The van der Waals surface area contributed by atoms with E-state index in [1.807, 2.05) is 0 Å². The van der Waals surface area contributed by atoms with Gasteiger partial charge in [-0.1, -0.05) is 0 Å². The molecule has 0 aromatic heterocycles. The average Bonchev–Trinajstić information content (AvgIpc) is 2.61. The average molecular weight is 424 g/mol. The van der Waals surface area contributed by atoms with Crippen LogP contribution in [0.15, 0.2) is 46.0 Å². The minimum absolute atomic E-state index is 0.280. The maximum Gasteiger partial charge on any atom is 0.311 e. The molecular weight excluding hydrogens is 410 g/mol. The van der Waals surface area contributed by atoms with Crippen molar-refractivity contribution in [2.45, 2.75) is 0 Å². The predicted molar refractivity (Wildman–Crippen MR) is 96.7 cm³/mol. The van der Waals surface area contributed by atoms with Gasteiger partial charge in [-0.15, -0.1) is 0 Å². The number of amides is 1. The number of hydrogen-bond donors (Lipinski definition) is 2. The van der Waals surface area contributed by atoms with Crippen molar-refractivity contribution in [3.63, 3.8) is 0 Å². The van der Waals surface area contributed by atoms with Crippen LogP contribution in [0.1, 0.15) is 5.56 Å². The number of nitrogens with one attached hydrogen (secondary N) is 1. The molecule has 1 amide bonds. The van der Waals surface area contributed by atoms with Crippen LogP contribution in [0.2, 0.25) is 0 Å². The van der Waals surface area contributed by atoms with Crippen LogP contribution >= 0.6 is 15.9 Å². The van der Waals surface area contributed by atoms with Crippen LogP contribution in [-0.4, -0.2) is 35.9 Å². The Hall–Kier alpha value is -3.14. The van der Waals surface area contributed by atoms with Crippen molar-refractivity contribution < 1.29 is 24.3 Å². The van der Waals surface area contributed by atoms with Crippen LogP contribution in [0, 0.1) is 10.1 Å². The molecule has 0 heterocycles. The third kappa shape index (κ3) is 5.18. The van der Waals surface area contributed by atoms with Gasteiger partial charge in [-0.05, 0) is 46.3 Å². The first kappa shape index (κ1) is 19.2. The van der Waals surface area contributed by atoms with Crippen LogP contribution < -0.4 is 14.9 Å². The Kier molecular flexibility index (Phi) is 6.50. The minimum Gasteiger partial charge on any atom is -0.502 e. The topological polar surface area (TPSA) is 123 Å². The normalized spacial score (nSPS) is 10.5. The summed E-state index contributed by atoms with van der Waals surface area (Å²) in [5.74, 6) is 0.132. The fourth-order valence-electron chi connectivity index (χ4n) is 1.85. The van der Waals surface area contributed by atoms with Crippen LogP contribution in [0.25, 0.3) is 0 Å². The number of hydrazone groups is 1. The smallest absolute Gasteiger partial charge is 0.311 e. The lowest BCUT2D eigenvalue weighted by atomic mass is 10.2. The van der Waals surface area contributed by atoms with E-state index in [4.69, 9.17) is 9.47 Å². The second-order valence-electron chi connectivity index (χ2n) is 4.88. The number of aromatic hydroxyl groups is 1. The molecule has 0 fully saturated rings. The van der Waals surface area contributed by atoms with Crippen molar-refractivity contribution in [1.29, 1.82) is 0 Å². The van der Waals surface area contributed by atoms with Crippen molar-refractivity contribution in [2.24, 2.45) is 5.10 Å². The van der Waals surface area contributed by atoms with Gasteiger partial charge in [-0.2, -0.15) is 5.10 Å². The first-order valence-electron chi connectivity index (χ1n) is 7.16. The number of phenols is 1. The molecule has 136 valence electrons. The van der Waals surface area contributed by atoms with Crippen molar-refractivity contribution in [3.05, 3.63) is 56.5 Å². The van der Waals surface area contributed by atoms with Crippen molar-refractivity contribution in [3.8, 4) is 17.2 Å². The van der Waals surface area contributed by atoms with Gasteiger partial charge in [-0.3, -0.25) is 14.9 Å². The van der Waals surface area contributed by atoms with E-state index in [1.165, 1.54) is 25.5 Å². The number of ether oxygens (including phenoxy) is 2. The van der Waals surface area contributed by atoms with Gasteiger partial charge in [-0.25, -0.2) is 5.43 Å². The van der Waals surface area contributed by atoms with Crippen LogP contribution in [0.5, 0.6) is 17.2 Å². The molecule has 0 spiro atoms. The molecule has 26 heavy (non-hydrogen) atoms. The summed E-state index contributed by atoms with van der Waals surface area (Å²) in [4.78, 5) is 21.8. The molecule has 0 bridgehead atoms. The van der Waals surface area contributed by atoms with Gasteiger partial charge in [0.25, 0.3) is 5.91 Å². The van der Waals surface area contributed by atoms with Gasteiger partial charge in [0.15, 0.2) is 12.4 Å². The van der Waals surface area contributed by atoms with E-state index in [1.54, 1.807) is 18.2 Å². The van der Waals surface area contributed by atoms with E-state index in [-0.39, 0.29) is 6.61 Å². The number of nitro benzene ring substituents is 1. The molecule has 0 aliphatic rings. The third-order valence-electron chi connectivity index (χ3n) is 3.10. The summed E-state index contributed by atoms with van der Waals surface area (Å²) < 4.78 is 11.0. The number of carbonyl (C=O) groups excluding carboxylic acids is 1. The van der Waals surface area contributed by atoms with Crippen LogP contribution in [-0.2, 0) is 4.79 Å². The number of rotatable bonds is 7. The zero-order chi connectivity index (χ0) is 19.1. The molecule has 0 radical (unpaired) electrons. The van der Waals surface area contributed by atoms with Gasteiger partial charge >= 0.3 is 5.69 Å². The third-order valence-corrected chi connectivity index (χ3v) is 3.72. The molecule has 0 saturated carbocycles. The molecule has 2 rings (SSSR count). The maximum atomic E-state index is 11.7. The summed E-state index contributed by atoms with van der Waals surface area (Å²) in [6.45, 7) is -0.280. The lowest BCUT2D eigenvalue weighted by Gasteiger charge is -2.08. The van der Waals surface area contributed by atoms with Gasteiger partial charge in [0, 0.05) is 11.6 Å².